The molecule has 0 aliphatic carbocycles. The van der Waals surface area contributed by atoms with Gasteiger partial charge in [-0.1, -0.05) is 72.8 Å². The number of hydrogen-bond donors (Lipinski definition) is 1. The first-order valence-electron chi connectivity index (χ1n) is 12.9. The maximum absolute atomic E-state index is 13.5. The highest BCUT2D eigenvalue weighted by molar-refractivity contribution is 7.26. The van der Waals surface area contributed by atoms with Crippen LogP contribution in [0.2, 0.25) is 0 Å². The molecule has 7 heteroatoms. The topological polar surface area (TPSA) is 64.6 Å². The zero-order chi connectivity index (χ0) is 28.0. The summed E-state index contributed by atoms with van der Waals surface area (Å²) in [6.07, 6.45) is -0.725. The Balaban J connectivity index is 1.72. The van der Waals surface area contributed by atoms with Crippen molar-refractivity contribution in [2.75, 3.05) is 7.11 Å². The van der Waals surface area contributed by atoms with Crippen molar-refractivity contribution in [3.8, 4) is 0 Å². The number of methoxy groups -OCH3 is 1. The predicted octanol–water partition coefficient (Wildman–Crippen LogP) is 8.88. The number of esters is 1. The fraction of sp³-hybridized carbons (Fsp3) is 0.152. The van der Waals surface area contributed by atoms with Gasteiger partial charge in [0.15, 0.2) is 0 Å². The van der Waals surface area contributed by atoms with Crippen LogP contribution in [0.4, 0.5) is 4.79 Å². The van der Waals surface area contributed by atoms with Gasteiger partial charge in [0.2, 0.25) is 0 Å². The van der Waals surface area contributed by atoms with Gasteiger partial charge in [0.1, 0.15) is 11.3 Å². The van der Waals surface area contributed by atoms with E-state index in [4.69, 9.17) is 9.47 Å². The lowest BCUT2D eigenvalue weighted by Crippen LogP contribution is -2.35. The summed E-state index contributed by atoms with van der Waals surface area (Å²) in [6, 6.07) is 28.7. The number of benzene rings is 4. The maximum atomic E-state index is 13.5. The van der Waals surface area contributed by atoms with Crippen LogP contribution in [0.1, 0.15) is 31.9 Å². The Kier molecular flexibility index (Phi) is 6.56. The molecule has 200 valence electrons. The van der Waals surface area contributed by atoms with E-state index in [2.05, 4.69) is 41.7 Å². The van der Waals surface area contributed by atoms with Crippen LogP contribution in [-0.2, 0) is 14.3 Å². The highest BCUT2D eigenvalue weighted by Crippen LogP contribution is 2.44. The molecule has 0 bridgehead atoms. The van der Waals surface area contributed by atoms with E-state index in [0.717, 1.165) is 51.5 Å². The van der Waals surface area contributed by atoms with Crippen molar-refractivity contribution in [2.24, 2.45) is 0 Å². The van der Waals surface area contributed by atoms with Crippen LogP contribution in [-0.4, -0.2) is 24.8 Å². The van der Waals surface area contributed by atoms with Gasteiger partial charge in [0.25, 0.3) is 0 Å². The molecular formula is C33H27NO4S2. The van der Waals surface area contributed by atoms with Crippen molar-refractivity contribution in [1.29, 1.82) is 0 Å². The monoisotopic (exact) mass is 565 g/mol. The average molecular weight is 566 g/mol. The molecule has 0 saturated carbocycles. The molecule has 5 nitrogen and oxygen atoms in total. The summed E-state index contributed by atoms with van der Waals surface area (Å²) in [4.78, 5) is 26.6. The minimum Gasteiger partial charge on any atom is -0.464 e. The summed E-state index contributed by atoms with van der Waals surface area (Å²) in [5, 5.41) is 7.22. The molecule has 2 heterocycles. The molecule has 2 aromatic heterocycles. The van der Waals surface area contributed by atoms with E-state index in [1.165, 1.54) is 7.11 Å². The number of nitrogens with one attached hydrogen (secondary N) is 1. The van der Waals surface area contributed by atoms with Crippen LogP contribution in [0.3, 0.4) is 0 Å². The van der Waals surface area contributed by atoms with E-state index in [0.29, 0.717) is 5.57 Å². The number of amides is 1. The minimum absolute atomic E-state index is 0.0339. The molecular weight excluding hydrogens is 539 g/mol. The Hall–Kier alpha value is -4.20. The second kappa shape index (κ2) is 10.1. The summed E-state index contributed by atoms with van der Waals surface area (Å²) in [5.74, 6) is -0.655. The van der Waals surface area contributed by atoms with Crippen LogP contribution < -0.4 is 5.32 Å². The standard InChI is InChI=1S/C33H27NO4S2/c1-33(2,3)38-32(36)34-28(31(35)37-4)27(23-15-9-13-21-19-11-5-7-17-25(19)39-29(21)23)24-16-10-14-22-20-12-6-8-18-26(20)40-30(22)24/h5-18H,1-4H3,(H,34,36). The van der Waals surface area contributed by atoms with E-state index in [9.17, 15) is 9.59 Å². The lowest BCUT2D eigenvalue weighted by atomic mass is 9.93. The lowest BCUT2D eigenvalue weighted by Gasteiger charge is -2.22. The minimum atomic E-state index is -0.748. The van der Waals surface area contributed by atoms with Gasteiger partial charge in [-0.3, -0.25) is 5.32 Å². The molecule has 0 aliphatic heterocycles. The number of fused-ring (bicyclic) bond motifs is 6. The first kappa shape index (κ1) is 26.0. The molecule has 0 fully saturated rings. The van der Waals surface area contributed by atoms with Crippen LogP contribution >= 0.6 is 22.7 Å². The van der Waals surface area contributed by atoms with Gasteiger partial charge in [-0.15, -0.1) is 22.7 Å². The van der Waals surface area contributed by atoms with Crippen molar-refractivity contribution in [3.63, 3.8) is 0 Å². The molecule has 1 amide bonds. The van der Waals surface area contributed by atoms with Gasteiger partial charge in [-0.25, -0.2) is 9.59 Å². The van der Waals surface area contributed by atoms with Crippen LogP contribution in [0, 0.1) is 0 Å². The number of ether oxygens (including phenoxy) is 2. The number of carbonyl (C=O) groups is 2. The number of hydrogen-bond acceptors (Lipinski definition) is 6. The Bertz CT molecular complexity index is 1860. The first-order valence-corrected chi connectivity index (χ1v) is 14.5. The number of thiophene rings is 2. The average Bonchev–Trinajstić information content (AvgIpc) is 3.51. The third kappa shape index (κ3) is 4.61. The fourth-order valence-electron chi connectivity index (χ4n) is 5.03. The van der Waals surface area contributed by atoms with E-state index < -0.39 is 17.7 Å². The fourth-order valence-corrected chi connectivity index (χ4v) is 7.47. The summed E-state index contributed by atoms with van der Waals surface area (Å²) in [7, 11) is 1.32. The van der Waals surface area contributed by atoms with Crippen molar-refractivity contribution < 1.29 is 19.1 Å². The smallest absolute Gasteiger partial charge is 0.412 e. The molecule has 6 rings (SSSR count). The number of alkyl carbamates (subject to hydrolysis) is 1. The highest BCUT2D eigenvalue weighted by Gasteiger charge is 2.27. The molecule has 1 N–H and O–H groups in total. The summed E-state index contributed by atoms with van der Waals surface area (Å²) in [6.45, 7) is 5.35. The van der Waals surface area contributed by atoms with Crippen molar-refractivity contribution in [1.82, 2.24) is 5.32 Å². The molecule has 4 aromatic carbocycles. The van der Waals surface area contributed by atoms with E-state index in [1.807, 2.05) is 48.5 Å². The van der Waals surface area contributed by atoms with Gasteiger partial charge in [-0.2, -0.15) is 0 Å². The Morgan fingerprint density at radius 2 is 1.15 bits per heavy atom. The molecule has 0 unspecified atom stereocenters. The third-order valence-corrected chi connectivity index (χ3v) is 9.05. The number of carbonyl (C=O) groups excluding carboxylic acids is 2. The lowest BCUT2D eigenvalue weighted by molar-refractivity contribution is -0.136. The van der Waals surface area contributed by atoms with Crippen molar-refractivity contribution in [2.45, 2.75) is 26.4 Å². The second-order valence-corrected chi connectivity index (χ2v) is 12.5. The first-order chi connectivity index (χ1) is 19.2. The van der Waals surface area contributed by atoms with Gasteiger partial charge in [0, 0.05) is 57.0 Å². The van der Waals surface area contributed by atoms with Crippen LogP contribution in [0.15, 0.2) is 90.6 Å². The molecule has 0 atom stereocenters. The molecule has 0 radical (unpaired) electrons. The SMILES string of the molecule is COC(=O)C(NC(=O)OC(C)(C)C)=C(c1cccc2c1sc1ccccc12)c1cccc2c1sc1ccccc12. The summed E-state index contributed by atoms with van der Waals surface area (Å²) >= 11 is 3.32. The molecule has 0 aliphatic rings. The normalized spacial score (nSPS) is 11.7. The van der Waals surface area contributed by atoms with Gasteiger partial charge >= 0.3 is 12.1 Å². The van der Waals surface area contributed by atoms with Crippen LogP contribution in [0.25, 0.3) is 45.9 Å². The van der Waals surface area contributed by atoms with Crippen LogP contribution in [0.5, 0.6) is 0 Å². The second-order valence-electron chi connectivity index (χ2n) is 10.4. The molecule has 0 saturated heterocycles. The molecule has 6 aromatic rings. The summed E-state index contributed by atoms with van der Waals surface area (Å²) < 4.78 is 15.1. The zero-order valence-electron chi connectivity index (χ0n) is 22.5. The third-order valence-electron chi connectivity index (χ3n) is 6.61. The van der Waals surface area contributed by atoms with Crippen molar-refractivity contribution >= 4 is 80.7 Å². The highest BCUT2D eigenvalue weighted by atomic mass is 32.1. The Morgan fingerprint density at radius 1 is 0.675 bits per heavy atom. The van der Waals surface area contributed by atoms with E-state index in [1.54, 1.807) is 43.4 Å². The van der Waals surface area contributed by atoms with E-state index in [-0.39, 0.29) is 5.70 Å². The van der Waals surface area contributed by atoms with Gasteiger partial charge in [-0.05, 0) is 32.9 Å². The Morgan fingerprint density at radius 3 is 1.62 bits per heavy atom. The maximum Gasteiger partial charge on any atom is 0.412 e. The quantitative estimate of drug-likeness (QED) is 0.171. The zero-order valence-corrected chi connectivity index (χ0v) is 24.2. The molecule has 40 heavy (non-hydrogen) atoms. The largest absolute Gasteiger partial charge is 0.464 e. The van der Waals surface area contributed by atoms with Gasteiger partial charge in [0.05, 0.1) is 7.11 Å². The Labute approximate surface area is 239 Å². The summed E-state index contributed by atoms with van der Waals surface area (Å²) in [5.41, 5.74) is 1.54. The van der Waals surface area contributed by atoms with Gasteiger partial charge < -0.3 is 9.47 Å². The predicted molar refractivity (Wildman–Crippen MR) is 166 cm³/mol. The van der Waals surface area contributed by atoms with Crippen molar-refractivity contribution in [3.05, 3.63) is 102 Å². The number of rotatable bonds is 4. The van der Waals surface area contributed by atoms with E-state index >= 15 is 0 Å². The molecule has 0 spiro atoms.